The van der Waals surface area contributed by atoms with Gasteiger partial charge in [-0.3, -0.25) is 9.00 Å². The number of benzene rings is 2. The number of nitrogens with zero attached hydrogens (tertiary/aromatic N) is 1. The molecule has 23 heavy (non-hydrogen) atoms. The van der Waals surface area contributed by atoms with Crippen molar-refractivity contribution in [3.8, 4) is 0 Å². The second kappa shape index (κ2) is 8.18. The van der Waals surface area contributed by atoms with E-state index in [0.717, 1.165) is 16.0 Å². The van der Waals surface area contributed by atoms with Crippen molar-refractivity contribution in [2.45, 2.75) is 24.3 Å². The van der Waals surface area contributed by atoms with Crippen LogP contribution in [0.5, 0.6) is 0 Å². The Morgan fingerprint density at radius 2 is 1.65 bits per heavy atom. The van der Waals surface area contributed by atoms with Crippen LogP contribution in [0.4, 0.5) is 0 Å². The minimum atomic E-state index is -1.31. The first kappa shape index (κ1) is 17.6. The van der Waals surface area contributed by atoms with Crippen LogP contribution in [0.3, 0.4) is 0 Å². The van der Waals surface area contributed by atoms with Crippen molar-refractivity contribution in [3.63, 3.8) is 0 Å². The minimum absolute atomic E-state index is 0.00171. The van der Waals surface area contributed by atoms with E-state index in [1.165, 1.54) is 0 Å². The van der Waals surface area contributed by atoms with Crippen molar-refractivity contribution in [1.29, 1.82) is 0 Å². The number of ketones is 1. The Balaban J connectivity index is 2.10. The summed E-state index contributed by atoms with van der Waals surface area (Å²) in [4.78, 5) is 15.0. The molecule has 0 bridgehead atoms. The summed E-state index contributed by atoms with van der Waals surface area (Å²) in [6.07, 6.45) is 0.331. The van der Waals surface area contributed by atoms with E-state index in [9.17, 15) is 9.00 Å². The molecule has 0 amide bonds. The van der Waals surface area contributed by atoms with Gasteiger partial charge < -0.3 is 4.90 Å². The fraction of sp³-hybridized carbons (Fsp3) is 0.316. The highest BCUT2D eigenvalue weighted by atomic mass is 32.2. The van der Waals surface area contributed by atoms with Gasteiger partial charge in [-0.2, -0.15) is 0 Å². The summed E-state index contributed by atoms with van der Waals surface area (Å²) >= 11 is 0. The van der Waals surface area contributed by atoms with Gasteiger partial charge in [0.25, 0.3) is 0 Å². The molecule has 0 saturated heterocycles. The number of hydrogen-bond acceptors (Lipinski definition) is 3. The van der Waals surface area contributed by atoms with Crippen LogP contribution in [0.25, 0.3) is 0 Å². The first-order valence-corrected chi connectivity index (χ1v) is 9.00. The summed E-state index contributed by atoms with van der Waals surface area (Å²) in [7, 11) is 2.67. The Kier molecular flexibility index (Phi) is 6.25. The molecule has 0 spiro atoms. The van der Waals surface area contributed by atoms with Gasteiger partial charge >= 0.3 is 0 Å². The van der Waals surface area contributed by atoms with Crippen LogP contribution in [-0.2, 0) is 22.0 Å². The third kappa shape index (κ3) is 4.85. The van der Waals surface area contributed by atoms with Crippen LogP contribution in [0, 0.1) is 0 Å². The molecule has 2 atom stereocenters. The minimum Gasteiger partial charge on any atom is -0.303 e. The van der Waals surface area contributed by atoms with E-state index >= 15 is 0 Å². The van der Waals surface area contributed by atoms with Crippen LogP contribution in [0.1, 0.15) is 24.1 Å². The van der Waals surface area contributed by atoms with E-state index in [1.807, 2.05) is 68.7 Å². The van der Waals surface area contributed by atoms with Gasteiger partial charge in [-0.25, -0.2) is 0 Å². The molecule has 2 aromatic rings. The molecule has 3 nitrogen and oxygen atoms in total. The molecule has 0 unspecified atom stereocenters. The Bertz CT molecular complexity index is 683. The average molecular weight is 329 g/mol. The quantitative estimate of drug-likeness (QED) is 0.783. The lowest BCUT2D eigenvalue weighted by Gasteiger charge is -2.22. The summed E-state index contributed by atoms with van der Waals surface area (Å²) in [5, 5.41) is 0. The van der Waals surface area contributed by atoms with E-state index in [4.69, 9.17) is 0 Å². The molecule has 0 heterocycles. The maximum atomic E-state index is 12.7. The average Bonchev–Trinajstić information content (AvgIpc) is 2.54. The zero-order chi connectivity index (χ0) is 16.8. The van der Waals surface area contributed by atoms with Gasteiger partial charge in [0.1, 0.15) is 5.78 Å². The lowest BCUT2D eigenvalue weighted by atomic mass is 10.1. The lowest BCUT2D eigenvalue weighted by molar-refractivity contribution is -0.116. The van der Waals surface area contributed by atoms with Crippen LogP contribution in [-0.4, -0.2) is 34.7 Å². The van der Waals surface area contributed by atoms with E-state index < -0.39 is 10.8 Å². The SMILES string of the molecule is C[C@H](c1ccccc1[S@@](=O)CC(=O)Cc1ccccc1)N(C)C. The smallest absolute Gasteiger partial charge is 0.150 e. The second-order valence-electron chi connectivity index (χ2n) is 5.87. The van der Waals surface area contributed by atoms with Crippen molar-refractivity contribution in [3.05, 3.63) is 65.7 Å². The monoisotopic (exact) mass is 329 g/mol. The number of carbonyl (C=O) groups excluding carboxylic acids is 1. The third-order valence-electron chi connectivity index (χ3n) is 3.93. The number of hydrogen-bond donors (Lipinski definition) is 0. The van der Waals surface area contributed by atoms with E-state index in [1.54, 1.807) is 0 Å². The van der Waals surface area contributed by atoms with Gasteiger partial charge in [0, 0.05) is 17.4 Å². The lowest BCUT2D eigenvalue weighted by Crippen LogP contribution is -2.20. The van der Waals surface area contributed by atoms with E-state index in [-0.39, 0.29) is 17.6 Å². The fourth-order valence-electron chi connectivity index (χ4n) is 2.41. The highest BCUT2D eigenvalue weighted by Gasteiger charge is 2.18. The summed E-state index contributed by atoms with van der Waals surface area (Å²) in [6, 6.07) is 17.4. The van der Waals surface area contributed by atoms with Gasteiger partial charge in [0.15, 0.2) is 0 Å². The molecular formula is C19H23NO2S. The molecule has 4 heteroatoms. The number of Topliss-reactive ketones (excluding diaryl/α,β-unsaturated/α-hetero) is 1. The second-order valence-corrected chi connectivity index (χ2v) is 7.29. The summed E-state index contributed by atoms with van der Waals surface area (Å²) in [5.74, 6) is 0.0633. The standard InChI is InChI=1S/C19H23NO2S/c1-15(20(2)3)18-11-7-8-12-19(18)23(22)14-17(21)13-16-9-5-4-6-10-16/h4-12,15H,13-14H2,1-3H3/t15-,23+/m1/s1. The summed E-state index contributed by atoms with van der Waals surface area (Å²) in [5.41, 5.74) is 1.98. The molecule has 122 valence electrons. The van der Waals surface area contributed by atoms with Gasteiger partial charge in [-0.15, -0.1) is 0 Å². The predicted molar refractivity (Wildman–Crippen MR) is 95.0 cm³/mol. The zero-order valence-electron chi connectivity index (χ0n) is 13.9. The van der Waals surface area contributed by atoms with Crippen LogP contribution in [0.2, 0.25) is 0 Å². The molecule has 0 N–H and O–H groups in total. The molecular weight excluding hydrogens is 306 g/mol. The van der Waals surface area contributed by atoms with Crippen LogP contribution >= 0.6 is 0 Å². The Hall–Kier alpha value is -1.78. The molecule has 0 aliphatic rings. The molecule has 0 aliphatic carbocycles. The molecule has 0 fully saturated rings. The molecule has 0 saturated carbocycles. The molecule has 0 radical (unpaired) electrons. The third-order valence-corrected chi connectivity index (χ3v) is 5.37. The van der Waals surface area contributed by atoms with Crippen molar-refractivity contribution in [2.24, 2.45) is 0 Å². The Morgan fingerprint density at radius 3 is 2.30 bits per heavy atom. The van der Waals surface area contributed by atoms with Gasteiger partial charge in [-0.1, -0.05) is 48.5 Å². The van der Waals surface area contributed by atoms with Crippen LogP contribution in [0.15, 0.2) is 59.5 Å². The maximum absolute atomic E-state index is 12.7. The molecule has 0 aliphatic heterocycles. The highest BCUT2D eigenvalue weighted by Crippen LogP contribution is 2.24. The Labute approximate surface area is 140 Å². The van der Waals surface area contributed by atoms with Crippen molar-refractivity contribution in [1.82, 2.24) is 4.90 Å². The molecule has 2 rings (SSSR count). The molecule has 0 aromatic heterocycles. The number of rotatable bonds is 7. The number of carbonyl (C=O) groups is 1. The van der Waals surface area contributed by atoms with Crippen molar-refractivity contribution in [2.75, 3.05) is 19.8 Å². The van der Waals surface area contributed by atoms with Gasteiger partial charge in [0.2, 0.25) is 0 Å². The van der Waals surface area contributed by atoms with E-state index in [2.05, 4.69) is 11.8 Å². The predicted octanol–water partition coefficient (Wildman–Crippen LogP) is 3.23. The summed E-state index contributed by atoms with van der Waals surface area (Å²) in [6.45, 7) is 2.07. The first-order chi connectivity index (χ1) is 11.0. The van der Waals surface area contributed by atoms with Gasteiger partial charge in [-0.05, 0) is 38.2 Å². The topological polar surface area (TPSA) is 37.4 Å². The normalized spacial score (nSPS) is 13.7. The van der Waals surface area contributed by atoms with Gasteiger partial charge in [0.05, 0.1) is 16.6 Å². The maximum Gasteiger partial charge on any atom is 0.150 e. The largest absolute Gasteiger partial charge is 0.303 e. The van der Waals surface area contributed by atoms with Crippen molar-refractivity contribution >= 4 is 16.6 Å². The highest BCUT2D eigenvalue weighted by molar-refractivity contribution is 7.85. The zero-order valence-corrected chi connectivity index (χ0v) is 14.7. The van der Waals surface area contributed by atoms with Crippen LogP contribution < -0.4 is 0 Å². The Morgan fingerprint density at radius 1 is 1.04 bits per heavy atom. The molecule has 2 aromatic carbocycles. The summed E-state index contributed by atoms with van der Waals surface area (Å²) < 4.78 is 12.7. The van der Waals surface area contributed by atoms with Crippen molar-refractivity contribution < 1.29 is 9.00 Å². The fourth-order valence-corrected chi connectivity index (χ4v) is 3.69. The van der Waals surface area contributed by atoms with E-state index in [0.29, 0.717) is 6.42 Å². The first-order valence-electron chi connectivity index (χ1n) is 7.68.